The molecular formula is C19H22N2O4. The maximum Gasteiger partial charge on any atom is 0.166 e. The summed E-state index contributed by atoms with van der Waals surface area (Å²) in [5, 5.41) is 3.92. The van der Waals surface area contributed by atoms with Gasteiger partial charge in [0, 0.05) is 17.5 Å². The largest absolute Gasteiger partial charge is 0.486 e. The van der Waals surface area contributed by atoms with Crippen LogP contribution in [0.15, 0.2) is 28.8 Å². The third-order valence-electron chi connectivity index (χ3n) is 4.84. The van der Waals surface area contributed by atoms with Crippen molar-refractivity contribution in [2.24, 2.45) is 5.92 Å². The summed E-state index contributed by atoms with van der Waals surface area (Å²) in [6.45, 7) is 5.55. The number of piperidine rings is 1. The van der Waals surface area contributed by atoms with Gasteiger partial charge < -0.3 is 14.0 Å². The number of fused-ring (bicyclic) bond motifs is 1. The van der Waals surface area contributed by atoms with Crippen molar-refractivity contribution in [3.05, 3.63) is 41.3 Å². The molecule has 3 heterocycles. The van der Waals surface area contributed by atoms with Crippen molar-refractivity contribution in [2.45, 2.75) is 26.3 Å². The minimum absolute atomic E-state index is 0.0651. The molecule has 6 heteroatoms. The van der Waals surface area contributed by atoms with Crippen LogP contribution in [0.25, 0.3) is 0 Å². The van der Waals surface area contributed by atoms with E-state index in [1.54, 1.807) is 0 Å². The first kappa shape index (κ1) is 16.1. The predicted molar refractivity (Wildman–Crippen MR) is 91.0 cm³/mol. The molecule has 2 aromatic rings. The number of carbonyl (C=O) groups is 1. The molecule has 2 aliphatic heterocycles. The average Bonchev–Trinajstić information content (AvgIpc) is 3.06. The highest BCUT2D eigenvalue weighted by Crippen LogP contribution is 2.32. The van der Waals surface area contributed by atoms with Crippen LogP contribution in [0.5, 0.6) is 11.5 Å². The monoisotopic (exact) mass is 342 g/mol. The van der Waals surface area contributed by atoms with Crippen LogP contribution in [-0.4, -0.2) is 42.1 Å². The second kappa shape index (κ2) is 6.88. The van der Waals surface area contributed by atoms with Gasteiger partial charge in [0.05, 0.1) is 12.2 Å². The Bertz CT molecular complexity index is 763. The molecule has 0 unspecified atom stereocenters. The molecule has 1 fully saturated rings. The Kier molecular flexibility index (Phi) is 4.44. The van der Waals surface area contributed by atoms with Crippen molar-refractivity contribution in [3.63, 3.8) is 0 Å². The summed E-state index contributed by atoms with van der Waals surface area (Å²) >= 11 is 0. The predicted octanol–water partition coefficient (Wildman–Crippen LogP) is 2.85. The number of carbonyl (C=O) groups excluding carboxylic acids is 1. The minimum Gasteiger partial charge on any atom is -0.486 e. The van der Waals surface area contributed by atoms with Gasteiger partial charge in [-0.25, -0.2) is 0 Å². The zero-order valence-corrected chi connectivity index (χ0v) is 14.4. The van der Waals surface area contributed by atoms with Crippen LogP contribution in [0.1, 0.15) is 34.7 Å². The van der Waals surface area contributed by atoms with Gasteiger partial charge in [0.2, 0.25) is 0 Å². The molecule has 0 bridgehead atoms. The van der Waals surface area contributed by atoms with Gasteiger partial charge >= 0.3 is 0 Å². The van der Waals surface area contributed by atoms with E-state index in [0.717, 1.165) is 49.7 Å². The molecular weight excluding hydrogens is 320 g/mol. The third kappa shape index (κ3) is 3.54. The van der Waals surface area contributed by atoms with Crippen molar-refractivity contribution in [1.82, 2.24) is 10.1 Å². The SMILES string of the molecule is Cc1cc(CN2CCC(C(=O)c3ccc4c(c3)OCCO4)CC2)on1. The van der Waals surface area contributed by atoms with Gasteiger partial charge in [0.25, 0.3) is 0 Å². The highest BCUT2D eigenvalue weighted by Gasteiger charge is 2.27. The lowest BCUT2D eigenvalue weighted by molar-refractivity contribution is 0.0826. The zero-order chi connectivity index (χ0) is 17.2. The first-order chi connectivity index (χ1) is 12.2. The van der Waals surface area contributed by atoms with E-state index in [9.17, 15) is 4.79 Å². The smallest absolute Gasteiger partial charge is 0.166 e. The molecule has 1 aromatic carbocycles. The quantitative estimate of drug-likeness (QED) is 0.796. The molecule has 0 aliphatic carbocycles. The number of benzene rings is 1. The Labute approximate surface area is 146 Å². The Morgan fingerprint density at radius 1 is 1.16 bits per heavy atom. The molecule has 2 aliphatic rings. The Morgan fingerprint density at radius 3 is 2.64 bits per heavy atom. The van der Waals surface area contributed by atoms with Crippen molar-refractivity contribution in [3.8, 4) is 11.5 Å². The fourth-order valence-corrected chi connectivity index (χ4v) is 3.50. The normalized spacial score (nSPS) is 18.3. The van der Waals surface area contributed by atoms with Crippen LogP contribution in [-0.2, 0) is 6.54 Å². The number of likely N-dealkylation sites (tertiary alicyclic amines) is 1. The molecule has 0 N–H and O–H groups in total. The molecule has 0 saturated carbocycles. The number of Topliss-reactive ketones (excluding diaryl/α,β-unsaturated/α-hetero) is 1. The molecule has 0 radical (unpaired) electrons. The van der Waals surface area contributed by atoms with Crippen molar-refractivity contribution < 1.29 is 18.8 Å². The lowest BCUT2D eigenvalue weighted by atomic mass is 9.88. The number of ketones is 1. The summed E-state index contributed by atoms with van der Waals surface area (Å²) in [7, 11) is 0. The van der Waals surface area contributed by atoms with Gasteiger partial charge in [-0.15, -0.1) is 0 Å². The topological polar surface area (TPSA) is 64.8 Å². The van der Waals surface area contributed by atoms with Gasteiger partial charge in [-0.3, -0.25) is 9.69 Å². The molecule has 1 saturated heterocycles. The Hall–Kier alpha value is -2.34. The summed E-state index contributed by atoms with van der Waals surface area (Å²) in [5.74, 6) is 2.55. The van der Waals surface area contributed by atoms with Crippen LogP contribution in [0, 0.1) is 12.8 Å². The van der Waals surface area contributed by atoms with Gasteiger partial charge in [0.15, 0.2) is 23.0 Å². The van der Waals surface area contributed by atoms with Gasteiger partial charge in [0.1, 0.15) is 13.2 Å². The molecule has 0 spiro atoms. The highest BCUT2D eigenvalue weighted by atomic mass is 16.6. The van der Waals surface area contributed by atoms with Crippen molar-refractivity contribution in [2.75, 3.05) is 26.3 Å². The van der Waals surface area contributed by atoms with E-state index in [4.69, 9.17) is 14.0 Å². The zero-order valence-electron chi connectivity index (χ0n) is 14.4. The first-order valence-electron chi connectivity index (χ1n) is 8.77. The second-order valence-corrected chi connectivity index (χ2v) is 6.71. The highest BCUT2D eigenvalue weighted by molar-refractivity contribution is 5.98. The fourth-order valence-electron chi connectivity index (χ4n) is 3.50. The van der Waals surface area contributed by atoms with E-state index >= 15 is 0 Å². The van der Waals surface area contributed by atoms with E-state index in [1.165, 1.54) is 0 Å². The van der Waals surface area contributed by atoms with Gasteiger partial charge in [-0.1, -0.05) is 5.16 Å². The first-order valence-corrected chi connectivity index (χ1v) is 8.77. The van der Waals surface area contributed by atoms with Crippen LogP contribution >= 0.6 is 0 Å². The van der Waals surface area contributed by atoms with Crippen LogP contribution in [0.3, 0.4) is 0 Å². The summed E-state index contributed by atoms with van der Waals surface area (Å²) in [4.78, 5) is 15.1. The number of hydrogen-bond donors (Lipinski definition) is 0. The number of ether oxygens (including phenoxy) is 2. The van der Waals surface area contributed by atoms with Gasteiger partial charge in [-0.05, 0) is 51.1 Å². The third-order valence-corrected chi connectivity index (χ3v) is 4.84. The molecule has 25 heavy (non-hydrogen) atoms. The maximum absolute atomic E-state index is 12.8. The van der Waals surface area contributed by atoms with E-state index in [-0.39, 0.29) is 11.7 Å². The minimum atomic E-state index is 0.0651. The molecule has 6 nitrogen and oxygen atoms in total. The molecule has 0 amide bonds. The molecule has 4 rings (SSSR count). The second-order valence-electron chi connectivity index (χ2n) is 6.71. The van der Waals surface area contributed by atoms with Crippen LogP contribution in [0.2, 0.25) is 0 Å². The summed E-state index contributed by atoms with van der Waals surface area (Å²) in [6, 6.07) is 7.47. The standard InChI is InChI=1S/C19H22N2O4/c1-13-10-16(25-20-13)12-21-6-4-14(5-7-21)19(22)15-2-3-17-18(11-15)24-9-8-23-17/h2-3,10-11,14H,4-9,12H2,1H3. The number of aromatic nitrogens is 1. The molecule has 1 aromatic heterocycles. The van der Waals surface area contributed by atoms with E-state index < -0.39 is 0 Å². The number of aryl methyl sites for hydroxylation is 1. The maximum atomic E-state index is 12.8. The molecule has 132 valence electrons. The summed E-state index contributed by atoms with van der Waals surface area (Å²) in [5.41, 5.74) is 1.62. The van der Waals surface area contributed by atoms with E-state index in [2.05, 4.69) is 10.1 Å². The van der Waals surface area contributed by atoms with Crippen molar-refractivity contribution in [1.29, 1.82) is 0 Å². The summed E-state index contributed by atoms with van der Waals surface area (Å²) in [6.07, 6.45) is 1.72. The van der Waals surface area contributed by atoms with E-state index in [0.29, 0.717) is 24.5 Å². The Balaban J connectivity index is 1.36. The Morgan fingerprint density at radius 2 is 1.92 bits per heavy atom. The fraction of sp³-hybridized carbons (Fsp3) is 0.474. The van der Waals surface area contributed by atoms with Crippen LogP contribution < -0.4 is 9.47 Å². The number of nitrogens with zero attached hydrogens (tertiary/aromatic N) is 2. The molecule has 0 atom stereocenters. The number of rotatable bonds is 4. The summed E-state index contributed by atoms with van der Waals surface area (Å²) < 4.78 is 16.4. The average molecular weight is 342 g/mol. The number of hydrogen-bond acceptors (Lipinski definition) is 6. The van der Waals surface area contributed by atoms with Gasteiger partial charge in [-0.2, -0.15) is 0 Å². The van der Waals surface area contributed by atoms with Crippen molar-refractivity contribution >= 4 is 5.78 Å². The lowest BCUT2D eigenvalue weighted by Gasteiger charge is -2.30. The van der Waals surface area contributed by atoms with E-state index in [1.807, 2.05) is 31.2 Å². The lowest BCUT2D eigenvalue weighted by Crippen LogP contribution is -2.35. The van der Waals surface area contributed by atoms with Crippen LogP contribution in [0.4, 0.5) is 0 Å².